The monoisotopic (exact) mass is 418 g/mol. The summed E-state index contributed by atoms with van der Waals surface area (Å²) in [5, 5.41) is 8.30. The summed E-state index contributed by atoms with van der Waals surface area (Å²) >= 11 is 0. The van der Waals surface area contributed by atoms with Crippen LogP contribution in [0.15, 0.2) is 90.7 Å². The molecule has 4 N–H and O–H groups in total. The van der Waals surface area contributed by atoms with Crippen molar-refractivity contribution < 1.29 is 9.18 Å². The highest BCUT2D eigenvalue weighted by Crippen LogP contribution is 2.20. The average molecular weight is 418 g/mol. The van der Waals surface area contributed by atoms with Crippen LogP contribution in [0.3, 0.4) is 0 Å². The molecule has 31 heavy (non-hydrogen) atoms. The highest BCUT2D eigenvalue weighted by molar-refractivity contribution is 5.91. The maximum absolute atomic E-state index is 13.9. The van der Waals surface area contributed by atoms with Crippen LogP contribution in [-0.2, 0) is 0 Å². The number of benzene rings is 1. The van der Waals surface area contributed by atoms with Gasteiger partial charge >= 0.3 is 6.03 Å². The van der Waals surface area contributed by atoms with Gasteiger partial charge in [-0.2, -0.15) is 0 Å². The fourth-order valence-corrected chi connectivity index (χ4v) is 2.71. The standard InChI is InChI=1S/C23H23FN6O/c1-4-18(24)21(13-15(2)3)30-23(31)28-17-8-5-7-16(14-17)27-22-26-12-10-20(29-22)19-9-6-11-25-19/h4-14,25H,1H2,2-3H3,(H,26,27,29)(H2,28,30,31)/b21-18-. The van der Waals surface area contributed by atoms with Crippen LogP contribution in [0.25, 0.3) is 11.4 Å². The highest BCUT2D eigenvalue weighted by atomic mass is 19.1. The first-order valence-corrected chi connectivity index (χ1v) is 9.53. The Bertz CT molecular complexity index is 1130. The SMILES string of the molecule is C=C/C(F)=C(\C=C(C)C)NC(=O)Nc1cccc(Nc2nccc(-c3ccc[nH]3)n2)c1. The third-order valence-electron chi connectivity index (χ3n) is 4.02. The summed E-state index contributed by atoms with van der Waals surface area (Å²) in [7, 11) is 0. The fraction of sp³-hybridized carbons (Fsp3) is 0.0870. The van der Waals surface area contributed by atoms with Gasteiger partial charge in [-0.25, -0.2) is 19.2 Å². The van der Waals surface area contributed by atoms with Crippen LogP contribution in [0.1, 0.15) is 13.8 Å². The first kappa shape index (κ1) is 21.5. The number of hydrogen-bond acceptors (Lipinski definition) is 4. The van der Waals surface area contributed by atoms with Crippen molar-refractivity contribution in [2.75, 3.05) is 10.6 Å². The summed E-state index contributed by atoms with van der Waals surface area (Å²) in [6.07, 6.45) is 6.06. The molecule has 0 unspecified atom stereocenters. The zero-order valence-corrected chi connectivity index (χ0v) is 17.2. The summed E-state index contributed by atoms with van der Waals surface area (Å²) in [5.41, 5.74) is 3.69. The Labute approximate surface area is 179 Å². The predicted octanol–water partition coefficient (Wildman–Crippen LogP) is 5.67. The van der Waals surface area contributed by atoms with E-state index in [2.05, 4.69) is 37.5 Å². The van der Waals surface area contributed by atoms with Crippen molar-refractivity contribution in [2.45, 2.75) is 13.8 Å². The number of aromatic amines is 1. The lowest BCUT2D eigenvalue weighted by Crippen LogP contribution is -2.28. The molecule has 2 amide bonds. The zero-order chi connectivity index (χ0) is 22.2. The van der Waals surface area contributed by atoms with Gasteiger partial charge in [-0.1, -0.05) is 18.2 Å². The summed E-state index contributed by atoms with van der Waals surface area (Å²) in [5.74, 6) is -0.207. The molecule has 0 aliphatic rings. The number of hydrogen-bond donors (Lipinski definition) is 4. The minimum absolute atomic E-state index is 0.0383. The van der Waals surface area contributed by atoms with Crippen molar-refractivity contribution in [1.29, 1.82) is 0 Å². The maximum Gasteiger partial charge on any atom is 0.323 e. The Morgan fingerprint density at radius 3 is 2.68 bits per heavy atom. The predicted molar refractivity (Wildman–Crippen MR) is 121 cm³/mol. The van der Waals surface area contributed by atoms with Crippen molar-refractivity contribution in [3.8, 4) is 11.4 Å². The number of H-pyrrole nitrogens is 1. The van der Waals surface area contributed by atoms with Gasteiger partial charge in [-0.3, -0.25) is 0 Å². The molecule has 0 aliphatic heterocycles. The molecule has 2 heterocycles. The number of rotatable bonds is 7. The van der Waals surface area contributed by atoms with E-state index in [1.807, 2.05) is 24.4 Å². The molecular formula is C23H23FN6O. The van der Waals surface area contributed by atoms with Crippen LogP contribution in [0.5, 0.6) is 0 Å². The Morgan fingerprint density at radius 1 is 1.16 bits per heavy atom. The molecule has 0 saturated heterocycles. The van der Waals surface area contributed by atoms with Crippen molar-refractivity contribution in [3.05, 3.63) is 90.7 Å². The molecule has 3 rings (SSSR count). The van der Waals surface area contributed by atoms with Gasteiger partial charge in [0.05, 0.1) is 17.1 Å². The molecule has 0 aliphatic carbocycles. The number of halogens is 1. The van der Waals surface area contributed by atoms with E-state index < -0.39 is 11.9 Å². The Hall–Kier alpha value is -4.20. The maximum atomic E-state index is 13.9. The van der Waals surface area contributed by atoms with Crippen molar-refractivity contribution in [3.63, 3.8) is 0 Å². The van der Waals surface area contributed by atoms with Crippen LogP contribution < -0.4 is 16.0 Å². The van der Waals surface area contributed by atoms with Gasteiger partial charge in [0.15, 0.2) is 0 Å². The number of nitrogens with one attached hydrogen (secondary N) is 4. The van der Waals surface area contributed by atoms with Crippen molar-refractivity contribution in [2.24, 2.45) is 0 Å². The minimum atomic E-state index is -0.620. The summed E-state index contributed by atoms with van der Waals surface area (Å²) in [6.45, 7) is 7.01. The molecule has 0 radical (unpaired) electrons. The van der Waals surface area contributed by atoms with Gasteiger partial charge in [-0.05, 0) is 62.4 Å². The van der Waals surface area contributed by atoms with E-state index in [1.54, 1.807) is 44.3 Å². The van der Waals surface area contributed by atoms with Gasteiger partial charge in [0.1, 0.15) is 5.83 Å². The van der Waals surface area contributed by atoms with E-state index in [4.69, 9.17) is 0 Å². The molecule has 158 valence electrons. The molecular weight excluding hydrogens is 395 g/mol. The van der Waals surface area contributed by atoms with Crippen molar-refractivity contribution >= 4 is 23.4 Å². The second-order valence-corrected chi connectivity index (χ2v) is 6.82. The summed E-state index contributed by atoms with van der Waals surface area (Å²) in [6, 6.07) is 12.1. The average Bonchev–Trinajstić information content (AvgIpc) is 3.28. The van der Waals surface area contributed by atoms with Crippen LogP contribution >= 0.6 is 0 Å². The lowest BCUT2D eigenvalue weighted by Gasteiger charge is -2.11. The molecule has 7 nitrogen and oxygen atoms in total. The molecule has 0 saturated carbocycles. The normalized spacial score (nSPS) is 11.2. The lowest BCUT2D eigenvalue weighted by atomic mass is 10.2. The Morgan fingerprint density at radius 2 is 1.97 bits per heavy atom. The topological polar surface area (TPSA) is 94.7 Å². The first-order chi connectivity index (χ1) is 14.9. The number of aromatic nitrogens is 3. The van der Waals surface area contributed by atoms with Gasteiger partial charge in [-0.15, -0.1) is 0 Å². The molecule has 0 bridgehead atoms. The first-order valence-electron chi connectivity index (χ1n) is 9.53. The minimum Gasteiger partial charge on any atom is -0.360 e. The van der Waals surface area contributed by atoms with Crippen LogP contribution in [0.2, 0.25) is 0 Å². The number of amides is 2. The molecule has 0 atom stereocenters. The van der Waals surface area contributed by atoms with Crippen molar-refractivity contribution in [1.82, 2.24) is 20.3 Å². The number of urea groups is 1. The highest BCUT2D eigenvalue weighted by Gasteiger charge is 2.09. The molecule has 8 heteroatoms. The van der Waals surface area contributed by atoms with E-state index in [0.29, 0.717) is 17.3 Å². The third-order valence-corrected chi connectivity index (χ3v) is 4.02. The molecule has 0 fully saturated rings. The van der Waals surface area contributed by atoms with Gasteiger partial charge in [0.25, 0.3) is 0 Å². The smallest absolute Gasteiger partial charge is 0.323 e. The Kier molecular flexibility index (Phi) is 6.95. The Balaban J connectivity index is 1.71. The zero-order valence-electron chi connectivity index (χ0n) is 17.2. The van der Waals surface area contributed by atoms with Gasteiger partial charge in [0.2, 0.25) is 5.95 Å². The summed E-state index contributed by atoms with van der Waals surface area (Å²) < 4.78 is 13.9. The largest absolute Gasteiger partial charge is 0.360 e. The van der Waals surface area contributed by atoms with Crippen LogP contribution in [0, 0.1) is 0 Å². The van der Waals surface area contributed by atoms with E-state index >= 15 is 0 Å². The van der Waals surface area contributed by atoms with E-state index in [9.17, 15) is 9.18 Å². The molecule has 1 aromatic carbocycles. The molecule has 3 aromatic rings. The number of allylic oxidation sites excluding steroid dienone is 4. The lowest BCUT2D eigenvalue weighted by molar-refractivity contribution is 0.254. The second-order valence-electron chi connectivity index (χ2n) is 6.82. The van der Waals surface area contributed by atoms with E-state index in [0.717, 1.165) is 23.0 Å². The number of anilines is 3. The van der Waals surface area contributed by atoms with Gasteiger partial charge in [0, 0.05) is 23.8 Å². The molecule has 0 spiro atoms. The fourth-order valence-electron chi connectivity index (χ4n) is 2.71. The van der Waals surface area contributed by atoms with Crippen LogP contribution in [-0.4, -0.2) is 21.0 Å². The van der Waals surface area contributed by atoms with E-state index in [-0.39, 0.29) is 5.70 Å². The number of nitrogens with zero attached hydrogens (tertiary/aromatic N) is 2. The summed E-state index contributed by atoms with van der Waals surface area (Å²) in [4.78, 5) is 24.1. The quantitative estimate of drug-likeness (QED) is 0.372. The van der Waals surface area contributed by atoms with E-state index in [1.165, 1.54) is 6.08 Å². The third kappa shape index (κ3) is 6.14. The number of carbonyl (C=O) groups is 1. The van der Waals surface area contributed by atoms with Crippen LogP contribution in [0.4, 0.5) is 26.5 Å². The number of carbonyl (C=O) groups excluding carboxylic acids is 1. The van der Waals surface area contributed by atoms with Gasteiger partial charge < -0.3 is 20.9 Å². The molecule has 2 aromatic heterocycles. The second kappa shape index (κ2) is 10.0.